The Morgan fingerprint density at radius 2 is 1.48 bits per heavy atom. The number of halogens is 1. The second-order valence-corrected chi connectivity index (χ2v) is 6.57. The summed E-state index contributed by atoms with van der Waals surface area (Å²) in [6.45, 7) is 0. The van der Waals surface area contributed by atoms with Gasteiger partial charge in [0.15, 0.2) is 0 Å². The molecule has 0 aromatic heterocycles. The first-order valence-corrected chi connectivity index (χ1v) is 9.07. The van der Waals surface area contributed by atoms with Gasteiger partial charge in [-0.15, -0.1) is 0 Å². The Labute approximate surface area is 139 Å². The molecule has 0 saturated heterocycles. The van der Waals surface area contributed by atoms with E-state index in [1.807, 2.05) is 0 Å². The summed E-state index contributed by atoms with van der Waals surface area (Å²) < 4.78 is 13.2. The first-order valence-electron chi connectivity index (χ1n) is 9.07. The number of amides is 2. The van der Waals surface area contributed by atoms with Crippen molar-refractivity contribution >= 4 is 11.7 Å². The van der Waals surface area contributed by atoms with Crippen LogP contribution < -0.4 is 10.6 Å². The predicted molar refractivity (Wildman–Crippen MR) is 93.1 cm³/mol. The number of rotatable bonds is 2. The quantitative estimate of drug-likeness (QED) is 0.729. The molecule has 0 aliphatic heterocycles. The molecule has 23 heavy (non-hydrogen) atoms. The zero-order valence-electron chi connectivity index (χ0n) is 14.0. The number of nitrogens with one attached hydrogen (secondary N) is 2. The number of urea groups is 1. The summed E-state index contributed by atoms with van der Waals surface area (Å²) >= 11 is 0. The average Bonchev–Trinajstić information content (AvgIpc) is 2.50. The number of carbonyl (C=O) groups excluding carboxylic acids is 1. The van der Waals surface area contributed by atoms with E-state index in [9.17, 15) is 9.18 Å². The van der Waals surface area contributed by atoms with Crippen LogP contribution in [0.2, 0.25) is 0 Å². The molecule has 1 fully saturated rings. The Morgan fingerprint density at radius 1 is 0.913 bits per heavy atom. The van der Waals surface area contributed by atoms with Crippen LogP contribution in [0.5, 0.6) is 0 Å². The van der Waals surface area contributed by atoms with Crippen LogP contribution in [-0.4, -0.2) is 12.1 Å². The van der Waals surface area contributed by atoms with Crippen LogP contribution in [0.4, 0.5) is 14.9 Å². The van der Waals surface area contributed by atoms with Gasteiger partial charge in [0.05, 0.1) is 0 Å². The fourth-order valence-corrected chi connectivity index (χ4v) is 3.23. The van der Waals surface area contributed by atoms with Crippen molar-refractivity contribution in [3.8, 4) is 0 Å². The molecule has 1 aromatic rings. The van der Waals surface area contributed by atoms with E-state index in [1.54, 1.807) is 12.1 Å². The molecule has 1 aliphatic carbocycles. The summed E-state index contributed by atoms with van der Waals surface area (Å²) in [6.07, 6.45) is 13.6. The average molecular weight is 320 g/mol. The number of hydrogen-bond acceptors (Lipinski definition) is 1. The molecular formula is C19H29FN2O. The Morgan fingerprint density at radius 3 is 2.04 bits per heavy atom. The molecule has 3 nitrogen and oxygen atoms in total. The first-order chi connectivity index (χ1) is 11.2. The molecule has 0 spiro atoms. The molecule has 1 aliphatic rings. The van der Waals surface area contributed by atoms with Crippen LogP contribution in [0.3, 0.4) is 0 Å². The molecule has 0 heterocycles. The fourth-order valence-electron chi connectivity index (χ4n) is 3.23. The standard InChI is InChI=1S/C19H29FN2O/c20-16-11-10-14-18(15-16)22-19(23)21-17-12-8-6-4-2-1-3-5-7-9-13-17/h10-11,14-15,17H,1-9,12-13H2,(H2,21,22,23). The highest BCUT2D eigenvalue weighted by molar-refractivity contribution is 5.89. The lowest BCUT2D eigenvalue weighted by Crippen LogP contribution is -2.38. The van der Waals surface area contributed by atoms with Crippen molar-refractivity contribution in [1.29, 1.82) is 0 Å². The van der Waals surface area contributed by atoms with Gasteiger partial charge < -0.3 is 10.6 Å². The fraction of sp³-hybridized carbons (Fsp3) is 0.632. The third kappa shape index (κ3) is 7.49. The molecule has 128 valence electrons. The zero-order valence-corrected chi connectivity index (χ0v) is 14.0. The van der Waals surface area contributed by atoms with E-state index in [1.165, 1.54) is 69.9 Å². The van der Waals surface area contributed by atoms with Crippen LogP contribution >= 0.6 is 0 Å². The van der Waals surface area contributed by atoms with Crippen LogP contribution in [0, 0.1) is 5.82 Å². The Kier molecular flexibility index (Phi) is 7.91. The Hall–Kier alpha value is -1.58. The number of benzene rings is 1. The number of hydrogen-bond donors (Lipinski definition) is 2. The summed E-state index contributed by atoms with van der Waals surface area (Å²) in [4.78, 5) is 12.1. The number of anilines is 1. The van der Waals surface area contributed by atoms with Crippen molar-refractivity contribution in [2.45, 2.75) is 76.7 Å². The van der Waals surface area contributed by atoms with Gasteiger partial charge in [-0.05, 0) is 31.0 Å². The van der Waals surface area contributed by atoms with Gasteiger partial charge in [-0.3, -0.25) is 0 Å². The summed E-state index contributed by atoms with van der Waals surface area (Å²) in [5.41, 5.74) is 0.496. The summed E-state index contributed by atoms with van der Waals surface area (Å²) in [5.74, 6) is -0.339. The van der Waals surface area contributed by atoms with E-state index in [4.69, 9.17) is 0 Å². The maximum atomic E-state index is 13.2. The molecule has 0 atom stereocenters. The van der Waals surface area contributed by atoms with E-state index in [0.29, 0.717) is 5.69 Å². The minimum absolute atomic E-state index is 0.225. The van der Waals surface area contributed by atoms with Gasteiger partial charge in [0.1, 0.15) is 5.82 Å². The predicted octanol–water partition coefficient (Wildman–Crippen LogP) is 5.62. The smallest absolute Gasteiger partial charge is 0.319 e. The van der Waals surface area contributed by atoms with Gasteiger partial charge in [-0.25, -0.2) is 9.18 Å². The monoisotopic (exact) mass is 320 g/mol. The van der Waals surface area contributed by atoms with E-state index in [0.717, 1.165) is 12.8 Å². The van der Waals surface area contributed by atoms with Gasteiger partial charge in [0, 0.05) is 11.7 Å². The van der Waals surface area contributed by atoms with E-state index in [2.05, 4.69) is 10.6 Å². The van der Waals surface area contributed by atoms with Crippen LogP contribution in [0.1, 0.15) is 70.6 Å². The molecular weight excluding hydrogens is 291 g/mol. The molecule has 0 radical (unpaired) electrons. The van der Waals surface area contributed by atoms with Gasteiger partial charge in [-0.1, -0.05) is 63.9 Å². The minimum atomic E-state index is -0.339. The molecule has 4 heteroatoms. The van der Waals surface area contributed by atoms with E-state index in [-0.39, 0.29) is 17.9 Å². The van der Waals surface area contributed by atoms with Crippen molar-refractivity contribution in [3.63, 3.8) is 0 Å². The SMILES string of the molecule is O=C(Nc1cccc(F)c1)NC1CCCCCCCCCCC1. The second kappa shape index (κ2) is 10.2. The number of carbonyl (C=O) groups is 1. The van der Waals surface area contributed by atoms with Gasteiger partial charge in [-0.2, -0.15) is 0 Å². The summed E-state index contributed by atoms with van der Waals surface area (Å²) in [5, 5.41) is 5.79. The van der Waals surface area contributed by atoms with Crippen molar-refractivity contribution in [2.75, 3.05) is 5.32 Å². The second-order valence-electron chi connectivity index (χ2n) is 6.57. The van der Waals surface area contributed by atoms with Crippen molar-refractivity contribution < 1.29 is 9.18 Å². The van der Waals surface area contributed by atoms with Gasteiger partial charge in [0.25, 0.3) is 0 Å². The van der Waals surface area contributed by atoms with Crippen LogP contribution in [-0.2, 0) is 0 Å². The lowest BCUT2D eigenvalue weighted by molar-refractivity contribution is 0.246. The highest BCUT2D eigenvalue weighted by atomic mass is 19.1. The molecule has 2 amide bonds. The highest BCUT2D eigenvalue weighted by Crippen LogP contribution is 2.17. The van der Waals surface area contributed by atoms with Crippen LogP contribution in [0.15, 0.2) is 24.3 Å². The largest absolute Gasteiger partial charge is 0.335 e. The summed E-state index contributed by atoms with van der Waals surface area (Å²) in [7, 11) is 0. The van der Waals surface area contributed by atoms with Gasteiger partial charge in [0.2, 0.25) is 0 Å². The Bertz CT molecular complexity index is 466. The minimum Gasteiger partial charge on any atom is -0.335 e. The highest BCUT2D eigenvalue weighted by Gasteiger charge is 2.13. The van der Waals surface area contributed by atoms with Crippen molar-refractivity contribution in [3.05, 3.63) is 30.1 Å². The van der Waals surface area contributed by atoms with Crippen LogP contribution in [0.25, 0.3) is 0 Å². The topological polar surface area (TPSA) is 41.1 Å². The lowest BCUT2D eigenvalue weighted by atomic mass is 9.98. The first kappa shape index (κ1) is 17.8. The van der Waals surface area contributed by atoms with Gasteiger partial charge >= 0.3 is 6.03 Å². The Balaban J connectivity index is 1.80. The molecule has 1 aromatic carbocycles. The van der Waals surface area contributed by atoms with E-state index < -0.39 is 0 Å². The lowest BCUT2D eigenvalue weighted by Gasteiger charge is -2.20. The molecule has 0 bridgehead atoms. The maximum Gasteiger partial charge on any atom is 0.319 e. The molecule has 2 rings (SSSR count). The zero-order chi connectivity index (χ0) is 16.3. The van der Waals surface area contributed by atoms with Crippen molar-refractivity contribution in [2.24, 2.45) is 0 Å². The van der Waals surface area contributed by atoms with Crippen molar-refractivity contribution in [1.82, 2.24) is 5.32 Å². The third-order valence-electron chi connectivity index (χ3n) is 4.52. The normalized spacial score (nSPS) is 18.5. The maximum absolute atomic E-state index is 13.2. The molecule has 1 saturated carbocycles. The van der Waals surface area contributed by atoms with E-state index >= 15 is 0 Å². The summed E-state index contributed by atoms with van der Waals surface area (Å²) in [6, 6.07) is 6.00. The third-order valence-corrected chi connectivity index (χ3v) is 4.52. The molecule has 0 unspecified atom stereocenters. The molecule has 2 N–H and O–H groups in total.